The van der Waals surface area contributed by atoms with E-state index in [9.17, 15) is 15.0 Å². The van der Waals surface area contributed by atoms with Gasteiger partial charge >= 0.3 is 5.97 Å². The quantitative estimate of drug-likeness (QED) is 0.376. The van der Waals surface area contributed by atoms with E-state index in [2.05, 4.69) is 4.74 Å². The number of methoxy groups -OCH3 is 1. The van der Waals surface area contributed by atoms with Crippen molar-refractivity contribution in [1.29, 1.82) is 5.41 Å². The molecule has 0 aromatic heterocycles. The molecule has 1 aliphatic carbocycles. The summed E-state index contributed by atoms with van der Waals surface area (Å²) in [5.41, 5.74) is -0.646. The first-order valence-electron chi connectivity index (χ1n) is 4.01. The van der Waals surface area contributed by atoms with E-state index >= 15 is 0 Å². The first kappa shape index (κ1) is 9.17. The molecule has 2 rings (SSSR count). The molecule has 0 radical (unpaired) electrons. The van der Waals surface area contributed by atoms with Crippen LogP contribution in [0.4, 0.5) is 0 Å². The second-order valence-electron chi connectivity index (χ2n) is 3.13. The van der Waals surface area contributed by atoms with Gasteiger partial charge in [0.15, 0.2) is 0 Å². The summed E-state index contributed by atoms with van der Waals surface area (Å²) in [6, 6.07) is 0. The molecule has 0 aromatic rings. The predicted molar refractivity (Wildman–Crippen MR) is 44.1 cm³/mol. The van der Waals surface area contributed by atoms with Crippen LogP contribution in [0.5, 0.6) is 0 Å². The fraction of sp³-hybridized carbons (Fsp3) is 0.500. The molecule has 0 saturated carbocycles. The summed E-state index contributed by atoms with van der Waals surface area (Å²) in [7, 11) is 1.14. The zero-order valence-corrected chi connectivity index (χ0v) is 7.35. The normalized spacial score (nSPS) is 35.3. The Bertz CT molecular complexity index is 348. The molecule has 1 aliphatic heterocycles. The number of ether oxygens (including phenoxy) is 2. The number of rotatable bonds is 1. The average molecular weight is 199 g/mol. The maximum Gasteiger partial charge on any atom is 0.343 e. The molecule has 3 atom stereocenters. The molecule has 2 aliphatic rings. The highest BCUT2D eigenvalue weighted by Crippen LogP contribution is 2.38. The van der Waals surface area contributed by atoms with Crippen molar-refractivity contribution in [1.82, 2.24) is 0 Å². The van der Waals surface area contributed by atoms with Gasteiger partial charge in [0.05, 0.1) is 12.8 Å². The van der Waals surface area contributed by atoms with Gasteiger partial charge in [0, 0.05) is 0 Å². The lowest BCUT2D eigenvalue weighted by molar-refractivity contribution is -0.135. The third-order valence-corrected chi connectivity index (χ3v) is 2.32. The van der Waals surface area contributed by atoms with Gasteiger partial charge in [-0.05, 0) is 0 Å². The molecule has 14 heavy (non-hydrogen) atoms. The van der Waals surface area contributed by atoms with Gasteiger partial charge in [-0.15, -0.1) is 0 Å². The van der Waals surface area contributed by atoms with Crippen LogP contribution >= 0.6 is 0 Å². The van der Waals surface area contributed by atoms with Crippen LogP contribution in [0.3, 0.4) is 0 Å². The van der Waals surface area contributed by atoms with Crippen LogP contribution < -0.4 is 0 Å². The highest BCUT2D eigenvalue weighted by atomic mass is 16.6. The summed E-state index contributed by atoms with van der Waals surface area (Å²) in [6.07, 6.45) is -2.41. The molecule has 0 bridgehead atoms. The third-order valence-electron chi connectivity index (χ3n) is 2.32. The number of carbonyl (C=O) groups is 1. The molecule has 1 saturated heterocycles. The summed E-state index contributed by atoms with van der Waals surface area (Å²) in [5, 5.41) is 26.3. The number of aliphatic hydroxyl groups is 2. The highest BCUT2D eigenvalue weighted by molar-refractivity contribution is 6.21. The standard InChI is InChI=1S/C8H9NO5/c1-13-8(12)2-3(9)5(11)7-6(14-7)4(2)10/h5-7,9-11H,1H3/t5-,6-,7+/m1/s1. The largest absolute Gasteiger partial charge is 0.508 e. The Labute approximate surface area is 79.3 Å². The Kier molecular flexibility index (Phi) is 1.83. The maximum atomic E-state index is 11.1. The third kappa shape index (κ3) is 1.04. The van der Waals surface area contributed by atoms with E-state index < -0.39 is 24.3 Å². The Morgan fingerprint density at radius 3 is 2.86 bits per heavy atom. The van der Waals surface area contributed by atoms with Crippen molar-refractivity contribution in [2.75, 3.05) is 7.11 Å². The molecular weight excluding hydrogens is 190 g/mol. The van der Waals surface area contributed by atoms with Gasteiger partial charge in [-0.2, -0.15) is 0 Å². The number of carbonyl (C=O) groups excluding carboxylic acids is 1. The lowest BCUT2D eigenvalue weighted by Crippen LogP contribution is -2.37. The molecule has 0 spiro atoms. The topological polar surface area (TPSA) is 103 Å². The first-order chi connectivity index (χ1) is 6.57. The second-order valence-corrected chi connectivity index (χ2v) is 3.13. The van der Waals surface area contributed by atoms with Gasteiger partial charge in [0.1, 0.15) is 29.6 Å². The monoisotopic (exact) mass is 199 g/mol. The lowest BCUT2D eigenvalue weighted by Gasteiger charge is -2.16. The van der Waals surface area contributed by atoms with Crippen molar-refractivity contribution in [3.63, 3.8) is 0 Å². The second kappa shape index (κ2) is 2.79. The minimum atomic E-state index is -1.16. The minimum Gasteiger partial charge on any atom is -0.508 e. The Morgan fingerprint density at radius 2 is 2.29 bits per heavy atom. The van der Waals surface area contributed by atoms with Crippen LogP contribution in [0.2, 0.25) is 0 Å². The van der Waals surface area contributed by atoms with Gasteiger partial charge in [0.25, 0.3) is 0 Å². The zero-order chi connectivity index (χ0) is 10.5. The van der Waals surface area contributed by atoms with Gasteiger partial charge in [-0.25, -0.2) is 4.79 Å². The predicted octanol–water partition coefficient (Wildman–Crippen LogP) is -0.867. The lowest BCUT2D eigenvalue weighted by atomic mass is 9.93. The molecule has 1 fully saturated rings. The van der Waals surface area contributed by atoms with Crippen LogP contribution in [0, 0.1) is 5.41 Å². The van der Waals surface area contributed by atoms with E-state index in [4.69, 9.17) is 10.1 Å². The van der Waals surface area contributed by atoms with E-state index in [-0.39, 0.29) is 17.0 Å². The highest BCUT2D eigenvalue weighted by Gasteiger charge is 2.55. The van der Waals surface area contributed by atoms with E-state index in [1.54, 1.807) is 0 Å². The van der Waals surface area contributed by atoms with Crippen LogP contribution in [0.1, 0.15) is 0 Å². The Morgan fingerprint density at radius 1 is 1.64 bits per heavy atom. The van der Waals surface area contributed by atoms with Crippen molar-refractivity contribution >= 4 is 11.7 Å². The maximum absolute atomic E-state index is 11.1. The molecule has 0 amide bonds. The fourth-order valence-corrected chi connectivity index (χ4v) is 1.49. The number of hydrogen-bond acceptors (Lipinski definition) is 6. The van der Waals surface area contributed by atoms with Crippen LogP contribution in [0.25, 0.3) is 0 Å². The average Bonchev–Trinajstić information content (AvgIpc) is 2.94. The molecule has 0 aromatic carbocycles. The summed E-state index contributed by atoms with van der Waals surface area (Å²) in [4.78, 5) is 11.1. The van der Waals surface area contributed by atoms with Crippen molar-refractivity contribution in [3.05, 3.63) is 11.3 Å². The number of hydrogen-bond donors (Lipinski definition) is 3. The smallest absolute Gasteiger partial charge is 0.343 e. The number of aliphatic hydroxyl groups excluding tert-OH is 2. The zero-order valence-electron chi connectivity index (χ0n) is 7.35. The molecule has 3 N–H and O–H groups in total. The van der Waals surface area contributed by atoms with Crippen LogP contribution in [-0.4, -0.2) is 47.3 Å². The molecular formula is C8H9NO5. The van der Waals surface area contributed by atoms with E-state index in [1.807, 2.05) is 0 Å². The van der Waals surface area contributed by atoms with Gasteiger partial charge in [-0.3, -0.25) is 0 Å². The number of epoxide rings is 1. The molecule has 1 heterocycles. The van der Waals surface area contributed by atoms with Crippen molar-refractivity contribution in [2.45, 2.75) is 18.3 Å². The molecule has 76 valence electrons. The number of esters is 1. The summed E-state index contributed by atoms with van der Waals surface area (Å²) >= 11 is 0. The summed E-state index contributed by atoms with van der Waals surface area (Å²) < 4.78 is 9.27. The van der Waals surface area contributed by atoms with E-state index in [0.717, 1.165) is 7.11 Å². The van der Waals surface area contributed by atoms with Crippen molar-refractivity contribution in [2.24, 2.45) is 0 Å². The van der Waals surface area contributed by atoms with Gasteiger partial charge in [0.2, 0.25) is 0 Å². The first-order valence-corrected chi connectivity index (χ1v) is 4.01. The van der Waals surface area contributed by atoms with Crippen LogP contribution in [0.15, 0.2) is 11.3 Å². The van der Waals surface area contributed by atoms with Crippen LogP contribution in [-0.2, 0) is 14.3 Å². The van der Waals surface area contributed by atoms with Gasteiger partial charge in [-0.1, -0.05) is 0 Å². The molecule has 6 nitrogen and oxygen atoms in total. The molecule has 0 unspecified atom stereocenters. The Balaban J connectivity index is 2.40. The van der Waals surface area contributed by atoms with Crippen molar-refractivity contribution < 1.29 is 24.5 Å². The van der Waals surface area contributed by atoms with E-state index in [1.165, 1.54) is 0 Å². The Hall–Kier alpha value is -1.40. The fourth-order valence-electron chi connectivity index (χ4n) is 1.49. The summed E-state index contributed by atoms with van der Waals surface area (Å²) in [5.74, 6) is -1.15. The van der Waals surface area contributed by atoms with E-state index in [0.29, 0.717) is 0 Å². The van der Waals surface area contributed by atoms with Gasteiger partial charge < -0.3 is 25.1 Å². The SMILES string of the molecule is COC(=O)C1=C(O)[C@H]2O[C@H]2[C@H](O)C1=N. The summed E-state index contributed by atoms with van der Waals surface area (Å²) in [6.45, 7) is 0. The molecule has 6 heteroatoms. The van der Waals surface area contributed by atoms with Crippen molar-refractivity contribution in [3.8, 4) is 0 Å². The number of nitrogens with one attached hydrogen (secondary N) is 1. The minimum absolute atomic E-state index is 0.293. The number of fused-ring (bicyclic) bond motifs is 1.